The molecule has 1 aliphatic heterocycles. The lowest BCUT2D eigenvalue weighted by Crippen LogP contribution is -2.47. The third kappa shape index (κ3) is 3.04. The van der Waals surface area contributed by atoms with Gasteiger partial charge >= 0.3 is 0 Å². The fourth-order valence-electron chi connectivity index (χ4n) is 4.52. The zero-order chi connectivity index (χ0) is 19.3. The first-order valence-corrected chi connectivity index (χ1v) is 10.9. The molecule has 2 aromatic heterocycles. The molecule has 0 radical (unpaired) electrons. The van der Waals surface area contributed by atoms with Crippen molar-refractivity contribution in [2.75, 3.05) is 36.0 Å². The molecule has 1 unspecified atom stereocenters. The average Bonchev–Trinajstić information content (AvgIpc) is 3.05. The lowest BCUT2D eigenvalue weighted by atomic mass is 9.89. The third-order valence-electron chi connectivity index (χ3n) is 6.02. The van der Waals surface area contributed by atoms with Crippen LogP contribution in [0, 0.1) is 18.7 Å². The van der Waals surface area contributed by atoms with Gasteiger partial charge in [-0.1, -0.05) is 19.1 Å². The number of fused-ring (bicyclic) bond motifs is 3. The minimum Gasteiger partial charge on any atom is -0.366 e. The van der Waals surface area contributed by atoms with E-state index in [0.717, 1.165) is 61.4 Å². The molecule has 0 spiro atoms. The number of aryl methyl sites for hydroxylation is 2. The molecule has 5 rings (SSSR count). The highest BCUT2D eigenvalue weighted by atomic mass is 32.1. The fraction of sp³-hybridized carbons (Fsp3) is 0.455. The Labute approximate surface area is 169 Å². The number of aromatic nitrogens is 2. The smallest absolute Gasteiger partial charge is 0.146 e. The van der Waals surface area contributed by atoms with Crippen molar-refractivity contribution in [2.45, 2.75) is 33.1 Å². The van der Waals surface area contributed by atoms with E-state index in [1.807, 2.05) is 30.4 Å². The lowest BCUT2D eigenvalue weighted by molar-refractivity contribution is 0.509. The molecule has 146 valence electrons. The van der Waals surface area contributed by atoms with E-state index in [1.165, 1.54) is 28.3 Å². The molecular weight excluding hydrogens is 371 g/mol. The molecule has 0 saturated carbocycles. The number of anilines is 2. The highest BCUT2D eigenvalue weighted by molar-refractivity contribution is 7.19. The summed E-state index contributed by atoms with van der Waals surface area (Å²) in [5, 5.41) is 1.27. The number of hydrogen-bond acceptors (Lipinski definition) is 5. The van der Waals surface area contributed by atoms with E-state index in [1.54, 1.807) is 6.07 Å². The van der Waals surface area contributed by atoms with Crippen LogP contribution in [0.2, 0.25) is 0 Å². The Hall–Kier alpha value is -2.21. The van der Waals surface area contributed by atoms with Crippen molar-refractivity contribution in [3.8, 4) is 0 Å². The van der Waals surface area contributed by atoms with Crippen molar-refractivity contribution in [3.05, 3.63) is 46.3 Å². The first-order chi connectivity index (χ1) is 13.6. The summed E-state index contributed by atoms with van der Waals surface area (Å²) in [5.41, 5.74) is 2.18. The van der Waals surface area contributed by atoms with E-state index in [0.29, 0.717) is 5.69 Å². The van der Waals surface area contributed by atoms with Crippen LogP contribution in [-0.4, -0.2) is 36.1 Å². The predicted octanol–water partition coefficient (Wildman–Crippen LogP) is 4.59. The van der Waals surface area contributed by atoms with Crippen LogP contribution in [0.3, 0.4) is 0 Å². The predicted molar refractivity (Wildman–Crippen MR) is 114 cm³/mol. The molecule has 1 atom stereocenters. The first-order valence-electron chi connectivity index (χ1n) is 10.1. The number of benzene rings is 1. The van der Waals surface area contributed by atoms with Gasteiger partial charge in [-0.2, -0.15) is 0 Å². The molecule has 3 heterocycles. The molecule has 3 aromatic rings. The maximum atomic E-state index is 14.2. The van der Waals surface area contributed by atoms with E-state index in [2.05, 4.69) is 16.7 Å². The van der Waals surface area contributed by atoms with Crippen LogP contribution in [0.4, 0.5) is 15.9 Å². The van der Waals surface area contributed by atoms with Gasteiger partial charge in [-0.15, -0.1) is 11.3 Å². The Bertz CT molecular complexity index is 1020. The number of piperazine rings is 1. The number of nitrogens with zero attached hydrogens (tertiary/aromatic N) is 4. The second-order valence-corrected chi connectivity index (χ2v) is 9.14. The maximum Gasteiger partial charge on any atom is 0.146 e. The third-order valence-corrected chi connectivity index (χ3v) is 7.17. The van der Waals surface area contributed by atoms with Gasteiger partial charge < -0.3 is 9.80 Å². The minimum atomic E-state index is -0.141. The Morgan fingerprint density at radius 3 is 2.61 bits per heavy atom. The maximum absolute atomic E-state index is 14.2. The molecule has 0 N–H and O–H groups in total. The van der Waals surface area contributed by atoms with Gasteiger partial charge in [0.05, 0.1) is 11.1 Å². The Balaban J connectivity index is 1.46. The van der Waals surface area contributed by atoms with Crippen LogP contribution < -0.4 is 9.80 Å². The summed E-state index contributed by atoms with van der Waals surface area (Å²) in [5.74, 6) is 2.54. The van der Waals surface area contributed by atoms with Crippen LogP contribution in [0.5, 0.6) is 0 Å². The Morgan fingerprint density at radius 2 is 1.82 bits per heavy atom. The van der Waals surface area contributed by atoms with Gasteiger partial charge in [0.2, 0.25) is 0 Å². The molecule has 1 aliphatic carbocycles. The Kier molecular flexibility index (Phi) is 4.46. The number of hydrogen-bond donors (Lipinski definition) is 0. The van der Waals surface area contributed by atoms with Gasteiger partial charge in [-0.25, -0.2) is 14.4 Å². The summed E-state index contributed by atoms with van der Waals surface area (Å²) < 4.78 is 14.2. The molecule has 4 nitrogen and oxygen atoms in total. The van der Waals surface area contributed by atoms with E-state index in [9.17, 15) is 4.39 Å². The number of para-hydroxylation sites is 1. The normalized spacial score (nSPS) is 19.9. The Morgan fingerprint density at radius 1 is 1.07 bits per heavy atom. The molecule has 0 amide bonds. The van der Waals surface area contributed by atoms with Crippen LogP contribution in [0.1, 0.15) is 29.6 Å². The lowest BCUT2D eigenvalue weighted by Gasteiger charge is -2.37. The van der Waals surface area contributed by atoms with Gasteiger partial charge in [0, 0.05) is 31.1 Å². The van der Waals surface area contributed by atoms with Crippen molar-refractivity contribution in [3.63, 3.8) is 0 Å². The summed E-state index contributed by atoms with van der Waals surface area (Å²) in [6.45, 7) is 7.62. The molecule has 6 heteroatoms. The summed E-state index contributed by atoms with van der Waals surface area (Å²) >= 11 is 1.86. The van der Waals surface area contributed by atoms with E-state index in [4.69, 9.17) is 9.97 Å². The van der Waals surface area contributed by atoms with Gasteiger partial charge in [-0.05, 0) is 49.8 Å². The van der Waals surface area contributed by atoms with Gasteiger partial charge in [0.1, 0.15) is 22.3 Å². The van der Waals surface area contributed by atoms with Crippen molar-refractivity contribution < 1.29 is 4.39 Å². The van der Waals surface area contributed by atoms with E-state index < -0.39 is 0 Å². The average molecular weight is 397 g/mol. The largest absolute Gasteiger partial charge is 0.366 e. The zero-order valence-electron chi connectivity index (χ0n) is 16.4. The number of rotatable bonds is 2. The van der Waals surface area contributed by atoms with E-state index >= 15 is 0 Å². The zero-order valence-corrected chi connectivity index (χ0v) is 17.2. The number of halogens is 1. The monoisotopic (exact) mass is 396 g/mol. The van der Waals surface area contributed by atoms with Crippen LogP contribution in [-0.2, 0) is 12.8 Å². The van der Waals surface area contributed by atoms with Gasteiger partial charge in [0.15, 0.2) is 0 Å². The quantitative estimate of drug-likeness (QED) is 0.634. The van der Waals surface area contributed by atoms with E-state index in [-0.39, 0.29) is 5.82 Å². The summed E-state index contributed by atoms with van der Waals surface area (Å²) in [6.07, 6.45) is 3.54. The topological polar surface area (TPSA) is 32.3 Å². The molecule has 1 aromatic carbocycles. The van der Waals surface area contributed by atoms with Crippen LogP contribution in [0.25, 0.3) is 10.2 Å². The second kappa shape index (κ2) is 6.99. The molecule has 1 saturated heterocycles. The SMILES string of the molecule is Cc1nc(N2CCN(c3ccccc3F)CC2)c2c3c(sc2n1)CC(C)CC3. The van der Waals surface area contributed by atoms with Crippen molar-refractivity contribution in [1.29, 1.82) is 0 Å². The summed E-state index contributed by atoms with van der Waals surface area (Å²) in [4.78, 5) is 16.8. The van der Waals surface area contributed by atoms with Gasteiger partial charge in [0.25, 0.3) is 0 Å². The van der Waals surface area contributed by atoms with Crippen molar-refractivity contribution in [2.24, 2.45) is 5.92 Å². The van der Waals surface area contributed by atoms with Crippen molar-refractivity contribution >= 4 is 33.1 Å². The highest BCUT2D eigenvalue weighted by Crippen LogP contribution is 2.41. The van der Waals surface area contributed by atoms with Gasteiger partial charge in [-0.3, -0.25) is 0 Å². The van der Waals surface area contributed by atoms with Crippen LogP contribution in [0.15, 0.2) is 24.3 Å². The number of thiophene rings is 1. The molecule has 2 aliphatic rings. The summed E-state index contributed by atoms with van der Waals surface area (Å²) in [6, 6.07) is 7.06. The minimum absolute atomic E-state index is 0.141. The first kappa shape index (κ1) is 17.9. The van der Waals surface area contributed by atoms with Crippen LogP contribution >= 0.6 is 11.3 Å². The molecular formula is C22H25FN4S. The second-order valence-electron chi connectivity index (χ2n) is 8.05. The standard InChI is InChI=1S/C22H25FN4S/c1-14-7-8-16-19(13-14)28-22-20(16)21(24-15(2)25-22)27-11-9-26(10-12-27)18-6-4-3-5-17(18)23/h3-6,14H,7-13H2,1-2H3. The summed E-state index contributed by atoms with van der Waals surface area (Å²) in [7, 11) is 0. The molecule has 28 heavy (non-hydrogen) atoms. The molecule has 1 fully saturated rings. The highest BCUT2D eigenvalue weighted by Gasteiger charge is 2.27. The molecule has 0 bridgehead atoms. The van der Waals surface area contributed by atoms with Crippen molar-refractivity contribution in [1.82, 2.24) is 9.97 Å². The fourth-order valence-corrected chi connectivity index (χ4v) is 5.95.